The SMILES string of the molecule is CC(C#N)N1CCN(C(=O)c2ccoc2Br)CC1. The van der Waals surface area contributed by atoms with Gasteiger partial charge in [0.2, 0.25) is 0 Å². The van der Waals surface area contributed by atoms with Gasteiger partial charge in [0.1, 0.15) is 0 Å². The van der Waals surface area contributed by atoms with Crippen LogP contribution in [-0.2, 0) is 0 Å². The van der Waals surface area contributed by atoms with Gasteiger partial charge in [-0.05, 0) is 28.9 Å². The maximum atomic E-state index is 12.2. The first kappa shape index (κ1) is 13.1. The number of rotatable bonds is 2. The lowest BCUT2D eigenvalue weighted by atomic mass is 10.2. The van der Waals surface area contributed by atoms with Gasteiger partial charge in [0.05, 0.1) is 23.9 Å². The second kappa shape index (κ2) is 5.55. The molecule has 0 bridgehead atoms. The van der Waals surface area contributed by atoms with Crippen LogP contribution in [0, 0.1) is 11.3 Å². The summed E-state index contributed by atoms with van der Waals surface area (Å²) in [5, 5.41) is 8.86. The Hall–Kier alpha value is -1.32. The first-order chi connectivity index (χ1) is 8.63. The Labute approximate surface area is 114 Å². The number of nitrogens with zero attached hydrogens (tertiary/aromatic N) is 3. The number of carbonyl (C=O) groups excluding carboxylic acids is 1. The molecule has 1 aromatic heterocycles. The molecule has 18 heavy (non-hydrogen) atoms. The molecular weight excluding hydrogens is 298 g/mol. The highest BCUT2D eigenvalue weighted by atomic mass is 79.9. The lowest BCUT2D eigenvalue weighted by molar-refractivity contribution is 0.0614. The van der Waals surface area contributed by atoms with E-state index in [0.29, 0.717) is 23.3 Å². The van der Waals surface area contributed by atoms with Gasteiger partial charge in [-0.3, -0.25) is 9.69 Å². The van der Waals surface area contributed by atoms with E-state index in [1.165, 1.54) is 6.26 Å². The summed E-state index contributed by atoms with van der Waals surface area (Å²) in [5.74, 6) is -0.0279. The van der Waals surface area contributed by atoms with Crippen molar-refractivity contribution in [1.29, 1.82) is 5.26 Å². The van der Waals surface area contributed by atoms with Gasteiger partial charge in [0, 0.05) is 26.2 Å². The van der Waals surface area contributed by atoms with Gasteiger partial charge in [0.15, 0.2) is 4.67 Å². The third kappa shape index (κ3) is 2.57. The van der Waals surface area contributed by atoms with E-state index in [1.54, 1.807) is 11.0 Å². The number of furan rings is 1. The van der Waals surface area contributed by atoms with Crippen LogP contribution in [0.25, 0.3) is 0 Å². The summed E-state index contributed by atoms with van der Waals surface area (Å²) in [6.07, 6.45) is 1.49. The smallest absolute Gasteiger partial charge is 0.258 e. The normalized spacial score (nSPS) is 18.4. The van der Waals surface area contributed by atoms with E-state index in [-0.39, 0.29) is 11.9 Å². The van der Waals surface area contributed by atoms with Gasteiger partial charge in [-0.2, -0.15) is 5.26 Å². The Morgan fingerprint density at radius 3 is 2.67 bits per heavy atom. The molecule has 0 aliphatic carbocycles. The van der Waals surface area contributed by atoms with E-state index >= 15 is 0 Å². The molecule has 2 heterocycles. The van der Waals surface area contributed by atoms with Crippen LogP contribution in [0.15, 0.2) is 21.4 Å². The van der Waals surface area contributed by atoms with E-state index in [2.05, 4.69) is 26.9 Å². The van der Waals surface area contributed by atoms with E-state index in [4.69, 9.17) is 9.68 Å². The van der Waals surface area contributed by atoms with Crippen LogP contribution in [0.4, 0.5) is 0 Å². The van der Waals surface area contributed by atoms with Crippen molar-refractivity contribution in [2.45, 2.75) is 13.0 Å². The monoisotopic (exact) mass is 311 g/mol. The molecule has 0 radical (unpaired) electrons. The summed E-state index contributed by atoms with van der Waals surface area (Å²) < 4.78 is 5.54. The zero-order valence-electron chi connectivity index (χ0n) is 10.1. The number of piperazine rings is 1. The van der Waals surface area contributed by atoms with Crippen molar-refractivity contribution in [2.75, 3.05) is 26.2 Å². The summed E-state index contributed by atoms with van der Waals surface area (Å²) in [6.45, 7) is 4.63. The number of nitriles is 1. The summed E-state index contributed by atoms with van der Waals surface area (Å²) in [5.41, 5.74) is 0.553. The molecule has 1 aliphatic heterocycles. The van der Waals surface area contributed by atoms with E-state index in [0.717, 1.165) is 13.1 Å². The fourth-order valence-electron chi connectivity index (χ4n) is 2.01. The van der Waals surface area contributed by atoms with Crippen molar-refractivity contribution in [3.05, 3.63) is 22.6 Å². The number of halogens is 1. The second-order valence-electron chi connectivity index (χ2n) is 4.24. The molecule has 5 nitrogen and oxygen atoms in total. The molecule has 1 unspecified atom stereocenters. The topological polar surface area (TPSA) is 60.5 Å². The Morgan fingerprint density at radius 2 is 2.17 bits per heavy atom. The average molecular weight is 312 g/mol. The van der Waals surface area contributed by atoms with Crippen molar-refractivity contribution >= 4 is 21.8 Å². The van der Waals surface area contributed by atoms with Gasteiger partial charge in [-0.1, -0.05) is 0 Å². The van der Waals surface area contributed by atoms with E-state index in [9.17, 15) is 4.79 Å². The van der Waals surface area contributed by atoms with Crippen molar-refractivity contribution < 1.29 is 9.21 Å². The third-order valence-electron chi connectivity index (χ3n) is 3.18. The Morgan fingerprint density at radius 1 is 1.50 bits per heavy atom. The first-order valence-corrected chi connectivity index (χ1v) is 6.58. The zero-order valence-corrected chi connectivity index (χ0v) is 11.7. The molecule has 1 fully saturated rings. The fourth-order valence-corrected chi connectivity index (χ4v) is 2.42. The predicted molar refractivity (Wildman–Crippen MR) is 69.0 cm³/mol. The van der Waals surface area contributed by atoms with Gasteiger partial charge < -0.3 is 9.32 Å². The lowest BCUT2D eigenvalue weighted by Crippen LogP contribution is -2.51. The minimum absolute atomic E-state index is 0.0279. The number of amides is 1. The predicted octanol–water partition coefficient (Wildman–Crippen LogP) is 1.71. The minimum atomic E-state index is -0.0945. The van der Waals surface area contributed by atoms with E-state index in [1.807, 2.05) is 6.92 Å². The van der Waals surface area contributed by atoms with Crippen LogP contribution in [0.2, 0.25) is 0 Å². The Bertz CT molecular complexity index is 472. The molecule has 1 saturated heterocycles. The van der Waals surface area contributed by atoms with Crippen LogP contribution in [-0.4, -0.2) is 47.9 Å². The van der Waals surface area contributed by atoms with Crippen LogP contribution in [0.1, 0.15) is 17.3 Å². The highest BCUT2D eigenvalue weighted by Crippen LogP contribution is 2.20. The van der Waals surface area contributed by atoms with Crippen molar-refractivity contribution in [2.24, 2.45) is 0 Å². The molecule has 2 rings (SSSR count). The molecule has 96 valence electrons. The van der Waals surface area contributed by atoms with Crippen LogP contribution >= 0.6 is 15.9 Å². The molecular formula is C12H14BrN3O2. The van der Waals surface area contributed by atoms with Gasteiger partial charge in [-0.25, -0.2) is 0 Å². The summed E-state index contributed by atoms with van der Waals surface area (Å²) in [7, 11) is 0. The summed E-state index contributed by atoms with van der Waals surface area (Å²) >= 11 is 3.21. The van der Waals surface area contributed by atoms with Crippen molar-refractivity contribution in [1.82, 2.24) is 9.80 Å². The van der Waals surface area contributed by atoms with Crippen LogP contribution in [0.5, 0.6) is 0 Å². The molecule has 0 saturated carbocycles. The molecule has 1 aromatic rings. The largest absolute Gasteiger partial charge is 0.457 e. The molecule has 1 amide bonds. The summed E-state index contributed by atoms with van der Waals surface area (Å²) in [4.78, 5) is 16.0. The van der Waals surface area contributed by atoms with Gasteiger partial charge in [-0.15, -0.1) is 0 Å². The first-order valence-electron chi connectivity index (χ1n) is 5.79. The highest BCUT2D eigenvalue weighted by molar-refractivity contribution is 9.10. The standard InChI is InChI=1S/C12H14BrN3O2/c1-9(8-14)15-3-5-16(6-4-15)12(17)10-2-7-18-11(10)13/h2,7,9H,3-6H2,1H3. The van der Waals surface area contributed by atoms with Crippen LogP contribution < -0.4 is 0 Å². The molecule has 1 atom stereocenters. The number of hydrogen-bond donors (Lipinski definition) is 0. The maximum Gasteiger partial charge on any atom is 0.258 e. The van der Waals surface area contributed by atoms with Crippen molar-refractivity contribution in [3.8, 4) is 6.07 Å². The average Bonchev–Trinajstić information content (AvgIpc) is 2.83. The van der Waals surface area contributed by atoms with Gasteiger partial charge >= 0.3 is 0 Å². The third-order valence-corrected chi connectivity index (χ3v) is 3.80. The highest BCUT2D eigenvalue weighted by Gasteiger charge is 2.26. The fraction of sp³-hybridized carbons (Fsp3) is 0.500. The summed E-state index contributed by atoms with van der Waals surface area (Å²) in [6, 6.07) is 3.78. The van der Waals surface area contributed by atoms with Gasteiger partial charge in [0.25, 0.3) is 5.91 Å². The molecule has 6 heteroatoms. The second-order valence-corrected chi connectivity index (χ2v) is 4.96. The molecule has 1 aliphatic rings. The number of carbonyl (C=O) groups is 1. The minimum Gasteiger partial charge on any atom is -0.457 e. The quantitative estimate of drug-likeness (QED) is 0.834. The van der Waals surface area contributed by atoms with Crippen LogP contribution in [0.3, 0.4) is 0 Å². The Balaban J connectivity index is 1.97. The number of hydrogen-bond acceptors (Lipinski definition) is 4. The zero-order chi connectivity index (χ0) is 13.1. The molecule has 0 spiro atoms. The maximum absolute atomic E-state index is 12.2. The van der Waals surface area contributed by atoms with Crippen molar-refractivity contribution in [3.63, 3.8) is 0 Å². The molecule has 0 N–H and O–H groups in total. The lowest BCUT2D eigenvalue weighted by Gasteiger charge is -2.35. The Kier molecular flexibility index (Phi) is 4.04. The van der Waals surface area contributed by atoms with E-state index < -0.39 is 0 Å². The molecule has 0 aromatic carbocycles.